The normalized spacial score (nSPS) is 10.8. The Hall–Kier alpha value is -1.10. The fraction of sp³-hybridized carbons (Fsp3) is 0.571. The number of aromatic nitrogens is 2. The molecule has 6 heteroatoms. The van der Waals surface area contributed by atoms with Crippen LogP contribution in [0.25, 0.3) is 0 Å². The van der Waals surface area contributed by atoms with Gasteiger partial charge in [0.05, 0.1) is 6.54 Å². The zero-order valence-electron chi connectivity index (χ0n) is 7.40. The number of nitrogens with zero attached hydrogens (tertiary/aromatic N) is 3. The van der Waals surface area contributed by atoms with E-state index in [1.807, 2.05) is 13.8 Å². The number of nitro groups is 1. The first-order valence-corrected chi connectivity index (χ1v) is 4.25. The van der Waals surface area contributed by atoms with E-state index >= 15 is 0 Å². The average Bonchev–Trinajstić information content (AvgIpc) is 2.30. The van der Waals surface area contributed by atoms with Gasteiger partial charge in [0.2, 0.25) is 5.15 Å². The van der Waals surface area contributed by atoms with Crippen molar-refractivity contribution in [2.24, 2.45) is 5.92 Å². The van der Waals surface area contributed by atoms with Gasteiger partial charge in [-0.25, -0.2) is 4.57 Å². The Morgan fingerprint density at radius 1 is 1.77 bits per heavy atom. The first-order valence-electron chi connectivity index (χ1n) is 3.87. The van der Waals surface area contributed by atoms with Gasteiger partial charge in [-0.2, -0.15) is 4.98 Å². The van der Waals surface area contributed by atoms with Crippen LogP contribution >= 0.6 is 11.6 Å². The van der Waals surface area contributed by atoms with Crippen LogP contribution in [-0.2, 0) is 6.54 Å². The molecule has 0 aliphatic carbocycles. The fourth-order valence-corrected chi connectivity index (χ4v) is 1.28. The molecule has 72 valence electrons. The number of rotatable bonds is 3. The SMILES string of the molecule is CC(C)Cn1cnc(Cl)c1[N+](=O)[O-]. The fourth-order valence-electron chi connectivity index (χ4n) is 1.06. The zero-order valence-corrected chi connectivity index (χ0v) is 8.15. The second-order valence-corrected chi connectivity index (χ2v) is 3.52. The maximum atomic E-state index is 10.5. The largest absolute Gasteiger partial charge is 0.361 e. The molecule has 5 nitrogen and oxygen atoms in total. The van der Waals surface area contributed by atoms with Crippen molar-refractivity contribution < 1.29 is 4.92 Å². The van der Waals surface area contributed by atoms with Crippen molar-refractivity contribution in [3.05, 3.63) is 21.6 Å². The van der Waals surface area contributed by atoms with Crippen LogP contribution in [0.5, 0.6) is 0 Å². The van der Waals surface area contributed by atoms with E-state index in [0.29, 0.717) is 12.5 Å². The predicted octanol–water partition coefficient (Wildman–Crippen LogP) is 2.10. The molecule has 0 saturated carbocycles. The highest BCUT2D eigenvalue weighted by Gasteiger charge is 2.20. The van der Waals surface area contributed by atoms with E-state index in [0.717, 1.165) is 0 Å². The van der Waals surface area contributed by atoms with E-state index in [9.17, 15) is 10.1 Å². The van der Waals surface area contributed by atoms with Crippen molar-refractivity contribution in [3.63, 3.8) is 0 Å². The first-order chi connectivity index (χ1) is 6.02. The monoisotopic (exact) mass is 203 g/mol. The highest BCUT2D eigenvalue weighted by Crippen LogP contribution is 2.22. The van der Waals surface area contributed by atoms with Gasteiger partial charge in [-0.3, -0.25) is 0 Å². The van der Waals surface area contributed by atoms with Gasteiger partial charge in [-0.15, -0.1) is 0 Å². The molecule has 0 fully saturated rings. The Balaban J connectivity index is 3.00. The standard InChI is InChI=1S/C7H10ClN3O2/c1-5(2)3-10-4-9-6(8)7(10)11(12)13/h4-5H,3H2,1-2H3. The molecule has 1 rings (SSSR count). The van der Waals surface area contributed by atoms with Crippen molar-refractivity contribution in [1.82, 2.24) is 9.55 Å². The van der Waals surface area contributed by atoms with Crippen LogP contribution in [0.2, 0.25) is 5.15 Å². The molecule has 0 aromatic carbocycles. The second-order valence-electron chi connectivity index (χ2n) is 3.16. The number of imidazole rings is 1. The maximum Gasteiger partial charge on any atom is 0.361 e. The van der Waals surface area contributed by atoms with E-state index in [1.54, 1.807) is 0 Å². The number of halogens is 1. The lowest BCUT2D eigenvalue weighted by atomic mass is 10.2. The molecule has 0 aliphatic heterocycles. The molecule has 1 aromatic rings. The maximum absolute atomic E-state index is 10.5. The summed E-state index contributed by atoms with van der Waals surface area (Å²) in [6.07, 6.45) is 1.39. The topological polar surface area (TPSA) is 61.0 Å². The van der Waals surface area contributed by atoms with Crippen LogP contribution in [0.1, 0.15) is 13.8 Å². The highest BCUT2D eigenvalue weighted by atomic mass is 35.5. The van der Waals surface area contributed by atoms with Gasteiger partial charge in [0.25, 0.3) is 0 Å². The lowest BCUT2D eigenvalue weighted by Crippen LogP contribution is -2.06. The van der Waals surface area contributed by atoms with E-state index in [1.165, 1.54) is 10.9 Å². The molecule has 0 N–H and O–H groups in total. The molecule has 0 amide bonds. The Morgan fingerprint density at radius 2 is 2.38 bits per heavy atom. The van der Waals surface area contributed by atoms with Crippen molar-refractivity contribution >= 4 is 17.4 Å². The minimum atomic E-state index is -0.516. The predicted molar refractivity (Wildman–Crippen MR) is 48.7 cm³/mol. The summed E-state index contributed by atoms with van der Waals surface area (Å²) < 4.78 is 1.45. The Labute approximate surface area is 80.5 Å². The summed E-state index contributed by atoms with van der Waals surface area (Å²) in [7, 11) is 0. The van der Waals surface area contributed by atoms with Crippen LogP contribution in [-0.4, -0.2) is 14.5 Å². The van der Waals surface area contributed by atoms with Crippen LogP contribution in [0, 0.1) is 16.0 Å². The van der Waals surface area contributed by atoms with Gasteiger partial charge < -0.3 is 10.1 Å². The van der Waals surface area contributed by atoms with Gasteiger partial charge in [-0.05, 0) is 10.8 Å². The van der Waals surface area contributed by atoms with Crippen LogP contribution in [0.4, 0.5) is 5.82 Å². The van der Waals surface area contributed by atoms with Crippen LogP contribution in [0.15, 0.2) is 6.33 Å². The molecule has 0 aliphatic rings. The lowest BCUT2D eigenvalue weighted by molar-refractivity contribution is -0.392. The van der Waals surface area contributed by atoms with Gasteiger partial charge >= 0.3 is 5.82 Å². The van der Waals surface area contributed by atoms with Crippen LogP contribution < -0.4 is 0 Å². The minimum absolute atomic E-state index is 0.0503. The summed E-state index contributed by atoms with van der Waals surface area (Å²) in [5.74, 6) is 0.194. The van der Waals surface area contributed by atoms with E-state index in [2.05, 4.69) is 4.98 Å². The second kappa shape index (κ2) is 3.74. The molecule has 1 heterocycles. The number of hydrogen-bond donors (Lipinski definition) is 0. The molecule has 1 aromatic heterocycles. The lowest BCUT2D eigenvalue weighted by Gasteiger charge is -2.02. The average molecular weight is 204 g/mol. The molecule has 0 bridgehead atoms. The summed E-state index contributed by atoms with van der Waals surface area (Å²) in [6, 6.07) is 0. The van der Waals surface area contributed by atoms with Crippen molar-refractivity contribution in [2.45, 2.75) is 20.4 Å². The van der Waals surface area contributed by atoms with Crippen LogP contribution in [0.3, 0.4) is 0 Å². The molecular formula is C7H10ClN3O2. The molecule has 13 heavy (non-hydrogen) atoms. The summed E-state index contributed by atoms with van der Waals surface area (Å²) >= 11 is 5.55. The molecular weight excluding hydrogens is 194 g/mol. The molecule has 0 radical (unpaired) electrons. The molecule has 0 saturated heterocycles. The van der Waals surface area contributed by atoms with E-state index in [4.69, 9.17) is 11.6 Å². The van der Waals surface area contributed by atoms with Gasteiger partial charge in [0.1, 0.15) is 0 Å². The summed E-state index contributed by atoms with van der Waals surface area (Å²) in [4.78, 5) is 13.7. The van der Waals surface area contributed by atoms with Gasteiger partial charge in [0.15, 0.2) is 6.33 Å². The Morgan fingerprint density at radius 3 is 2.85 bits per heavy atom. The van der Waals surface area contributed by atoms with Crippen molar-refractivity contribution in [3.8, 4) is 0 Å². The van der Waals surface area contributed by atoms with Crippen molar-refractivity contribution in [1.29, 1.82) is 0 Å². The quantitative estimate of drug-likeness (QED) is 0.558. The molecule has 0 spiro atoms. The third-order valence-electron chi connectivity index (χ3n) is 1.50. The molecule has 0 unspecified atom stereocenters. The van der Waals surface area contributed by atoms with E-state index in [-0.39, 0.29) is 11.0 Å². The van der Waals surface area contributed by atoms with E-state index < -0.39 is 4.92 Å². The Kier molecular flexibility index (Phi) is 2.87. The molecule has 0 atom stereocenters. The smallest absolute Gasteiger partial charge is 0.358 e. The summed E-state index contributed by atoms with van der Waals surface area (Å²) in [6.45, 7) is 4.49. The Bertz CT molecular complexity index is 322. The highest BCUT2D eigenvalue weighted by molar-refractivity contribution is 6.31. The summed E-state index contributed by atoms with van der Waals surface area (Å²) in [5, 5.41) is 10.5. The third kappa shape index (κ3) is 2.18. The first kappa shape index (κ1) is 9.98. The number of hydrogen-bond acceptors (Lipinski definition) is 3. The van der Waals surface area contributed by atoms with Crippen molar-refractivity contribution in [2.75, 3.05) is 0 Å². The minimum Gasteiger partial charge on any atom is -0.358 e. The van der Waals surface area contributed by atoms with Gasteiger partial charge in [-0.1, -0.05) is 25.4 Å². The van der Waals surface area contributed by atoms with Gasteiger partial charge in [0, 0.05) is 0 Å². The summed E-state index contributed by atoms with van der Waals surface area (Å²) in [5.41, 5.74) is 0. The third-order valence-corrected chi connectivity index (χ3v) is 1.77. The zero-order chi connectivity index (χ0) is 10.0.